The van der Waals surface area contributed by atoms with Crippen LogP contribution < -0.4 is 5.43 Å². The molecule has 1 heterocycles. The van der Waals surface area contributed by atoms with Crippen LogP contribution in [0.15, 0.2) is 40.8 Å². The molecule has 0 unspecified atom stereocenters. The van der Waals surface area contributed by atoms with E-state index in [4.69, 9.17) is 0 Å². The molecule has 0 bridgehead atoms. The van der Waals surface area contributed by atoms with E-state index >= 15 is 0 Å². The van der Waals surface area contributed by atoms with Gasteiger partial charge >= 0.3 is 0 Å². The normalized spacial score (nSPS) is 10.7. The van der Waals surface area contributed by atoms with Crippen molar-refractivity contribution >= 4 is 23.5 Å². The molecule has 0 atom stereocenters. The lowest BCUT2D eigenvalue weighted by Gasteiger charge is -2.00. The van der Waals surface area contributed by atoms with Gasteiger partial charge in [-0.1, -0.05) is 6.07 Å². The quantitative estimate of drug-likeness (QED) is 0.453. The first-order chi connectivity index (χ1) is 9.15. The zero-order valence-corrected chi connectivity index (χ0v) is 10.7. The zero-order chi connectivity index (χ0) is 13.7. The average Bonchev–Trinajstić information content (AvgIpc) is 2.86. The van der Waals surface area contributed by atoms with Crippen molar-refractivity contribution in [1.82, 2.24) is 5.43 Å². The maximum atomic E-state index is 11.5. The average molecular weight is 276 g/mol. The number of rotatable bonds is 4. The van der Waals surface area contributed by atoms with E-state index in [1.165, 1.54) is 35.8 Å². The number of phenols is 2. The number of benzene rings is 1. The van der Waals surface area contributed by atoms with Gasteiger partial charge in [-0.3, -0.25) is 4.79 Å². The highest BCUT2D eigenvalue weighted by molar-refractivity contribution is 7.10. The van der Waals surface area contributed by atoms with Gasteiger partial charge in [0.1, 0.15) is 11.5 Å². The minimum atomic E-state index is -0.238. The van der Waals surface area contributed by atoms with Crippen LogP contribution in [0.1, 0.15) is 10.4 Å². The Balaban J connectivity index is 1.92. The molecule has 0 saturated carbocycles. The molecule has 0 spiro atoms. The summed E-state index contributed by atoms with van der Waals surface area (Å²) in [4.78, 5) is 12.5. The summed E-state index contributed by atoms with van der Waals surface area (Å²) in [5.41, 5.74) is 2.69. The van der Waals surface area contributed by atoms with Crippen molar-refractivity contribution < 1.29 is 15.0 Å². The number of nitrogens with one attached hydrogen (secondary N) is 1. The lowest BCUT2D eigenvalue weighted by molar-refractivity contribution is -0.120. The van der Waals surface area contributed by atoms with E-state index in [2.05, 4.69) is 10.5 Å². The predicted molar refractivity (Wildman–Crippen MR) is 73.5 cm³/mol. The topological polar surface area (TPSA) is 81.9 Å². The molecule has 0 radical (unpaired) electrons. The van der Waals surface area contributed by atoms with E-state index in [1.54, 1.807) is 0 Å². The molecule has 1 aromatic heterocycles. The Morgan fingerprint density at radius 3 is 2.95 bits per heavy atom. The van der Waals surface area contributed by atoms with Crippen molar-refractivity contribution in [2.75, 3.05) is 0 Å². The van der Waals surface area contributed by atoms with Gasteiger partial charge in [0.2, 0.25) is 5.91 Å². The molecule has 2 aromatic rings. The molecular formula is C13H12N2O3S. The summed E-state index contributed by atoms with van der Waals surface area (Å²) in [7, 11) is 0. The van der Waals surface area contributed by atoms with Gasteiger partial charge in [0.25, 0.3) is 0 Å². The minimum Gasteiger partial charge on any atom is -0.508 e. The SMILES string of the molecule is O=C(Cc1cccs1)N/N=C/c1cc(O)ccc1O. The highest BCUT2D eigenvalue weighted by atomic mass is 32.1. The summed E-state index contributed by atoms with van der Waals surface area (Å²) in [6.45, 7) is 0. The van der Waals surface area contributed by atoms with Gasteiger partial charge in [0.05, 0.1) is 12.6 Å². The molecule has 19 heavy (non-hydrogen) atoms. The summed E-state index contributed by atoms with van der Waals surface area (Å²) in [5.74, 6) is -0.239. The first-order valence-corrected chi connectivity index (χ1v) is 6.39. The van der Waals surface area contributed by atoms with E-state index in [1.807, 2.05) is 17.5 Å². The van der Waals surface area contributed by atoms with Crippen molar-refractivity contribution in [3.8, 4) is 11.5 Å². The van der Waals surface area contributed by atoms with Crippen molar-refractivity contribution in [2.45, 2.75) is 6.42 Å². The summed E-state index contributed by atoms with van der Waals surface area (Å²) < 4.78 is 0. The van der Waals surface area contributed by atoms with Crippen LogP contribution in [0, 0.1) is 0 Å². The molecule has 6 heteroatoms. The fourth-order valence-corrected chi connectivity index (χ4v) is 2.13. The van der Waals surface area contributed by atoms with Crippen LogP contribution in [-0.2, 0) is 11.2 Å². The first-order valence-electron chi connectivity index (χ1n) is 5.51. The molecule has 3 N–H and O–H groups in total. The third-order valence-electron chi connectivity index (χ3n) is 2.32. The molecule has 0 aliphatic carbocycles. The molecule has 5 nitrogen and oxygen atoms in total. The summed E-state index contributed by atoms with van der Waals surface area (Å²) in [6, 6.07) is 7.81. The number of carbonyl (C=O) groups excluding carboxylic acids is 1. The minimum absolute atomic E-state index is 0.0177. The fourth-order valence-electron chi connectivity index (χ4n) is 1.43. The Morgan fingerprint density at radius 1 is 1.37 bits per heavy atom. The van der Waals surface area contributed by atoms with E-state index in [-0.39, 0.29) is 23.8 Å². The number of thiophene rings is 1. The van der Waals surface area contributed by atoms with E-state index in [9.17, 15) is 15.0 Å². The zero-order valence-electron chi connectivity index (χ0n) is 9.91. The molecule has 0 fully saturated rings. The van der Waals surface area contributed by atoms with Crippen molar-refractivity contribution in [3.63, 3.8) is 0 Å². The summed E-state index contributed by atoms with van der Waals surface area (Å²) >= 11 is 1.50. The second-order valence-electron chi connectivity index (χ2n) is 3.79. The fraction of sp³-hybridized carbons (Fsp3) is 0.0769. The Morgan fingerprint density at radius 2 is 2.21 bits per heavy atom. The molecule has 1 amide bonds. The molecule has 1 aromatic carbocycles. The van der Waals surface area contributed by atoms with E-state index < -0.39 is 0 Å². The number of amides is 1. The molecular weight excluding hydrogens is 264 g/mol. The van der Waals surface area contributed by atoms with Gasteiger partial charge < -0.3 is 10.2 Å². The second-order valence-corrected chi connectivity index (χ2v) is 4.82. The van der Waals surface area contributed by atoms with Crippen LogP contribution in [0.25, 0.3) is 0 Å². The molecule has 0 saturated heterocycles. The Kier molecular flexibility index (Phi) is 4.15. The lowest BCUT2D eigenvalue weighted by Crippen LogP contribution is -2.19. The van der Waals surface area contributed by atoms with Gasteiger partial charge in [-0.2, -0.15) is 5.10 Å². The van der Waals surface area contributed by atoms with Crippen molar-refractivity contribution in [3.05, 3.63) is 46.2 Å². The molecule has 0 aliphatic heterocycles. The smallest absolute Gasteiger partial charge is 0.245 e. The van der Waals surface area contributed by atoms with Crippen LogP contribution in [0.3, 0.4) is 0 Å². The first kappa shape index (κ1) is 13.1. The van der Waals surface area contributed by atoms with Gasteiger partial charge in [-0.05, 0) is 29.6 Å². The predicted octanol–water partition coefficient (Wildman–Crippen LogP) is 1.85. The number of nitrogens with zero attached hydrogens (tertiary/aromatic N) is 1. The number of hydrogen-bond acceptors (Lipinski definition) is 5. The number of carbonyl (C=O) groups is 1. The molecule has 0 aliphatic rings. The summed E-state index contributed by atoms with van der Waals surface area (Å²) in [6.07, 6.45) is 1.54. The third-order valence-corrected chi connectivity index (χ3v) is 3.20. The van der Waals surface area contributed by atoms with Crippen molar-refractivity contribution in [2.24, 2.45) is 5.10 Å². The van der Waals surface area contributed by atoms with E-state index in [0.29, 0.717) is 5.56 Å². The Bertz CT molecular complexity index is 594. The largest absolute Gasteiger partial charge is 0.508 e. The van der Waals surface area contributed by atoms with Gasteiger partial charge in [0.15, 0.2) is 0 Å². The number of hydrogen-bond donors (Lipinski definition) is 3. The van der Waals surface area contributed by atoms with Gasteiger partial charge in [0, 0.05) is 10.4 Å². The van der Waals surface area contributed by atoms with Crippen LogP contribution in [0.5, 0.6) is 11.5 Å². The van der Waals surface area contributed by atoms with Gasteiger partial charge in [-0.15, -0.1) is 11.3 Å². The second kappa shape index (κ2) is 6.01. The van der Waals surface area contributed by atoms with Crippen LogP contribution in [0.4, 0.5) is 0 Å². The molecule has 98 valence electrons. The molecule has 2 rings (SSSR count). The number of phenolic OH excluding ortho intramolecular Hbond substituents is 2. The highest BCUT2D eigenvalue weighted by Crippen LogP contribution is 2.19. The Hall–Kier alpha value is -2.34. The van der Waals surface area contributed by atoms with Crippen molar-refractivity contribution in [1.29, 1.82) is 0 Å². The number of aromatic hydroxyl groups is 2. The van der Waals surface area contributed by atoms with Crippen LogP contribution >= 0.6 is 11.3 Å². The monoisotopic (exact) mass is 276 g/mol. The van der Waals surface area contributed by atoms with Gasteiger partial charge in [-0.25, -0.2) is 5.43 Å². The lowest BCUT2D eigenvalue weighted by atomic mass is 10.2. The Labute approximate surface area is 113 Å². The standard InChI is InChI=1S/C13H12N2O3S/c16-10-3-4-12(17)9(6-10)8-14-15-13(18)7-11-2-1-5-19-11/h1-6,8,16-17H,7H2,(H,15,18)/b14-8+. The number of hydrazone groups is 1. The van der Waals surface area contributed by atoms with Crippen LogP contribution in [-0.4, -0.2) is 22.3 Å². The highest BCUT2D eigenvalue weighted by Gasteiger charge is 2.03. The van der Waals surface area contributed by atoms with Crippen LogP contribution in [0.2, 0.25) is 0 Å². The van der Waals surface area contributed by atoms with E-state index in [0.717, 1.165) is 4.88 Å². The maximum absolute atomic E-state index is 11.5. The maximum Gasteiger partial charge on any atom is 0.245 e. The third kappa shape index (κ3) is 3.82. The summed E-state index contributed by atoms with van der Waals surface area (Å²) in [5, 5.41) is 24.4.